The summed E-state index contributed by atoms with van der Waals surface area (Å²) in [5, 5.41) is 0. The van der Waals surface area contributed by atoms with Crippen molar-refractivity contribution in [1.29, 1.82) is 0 Å². The smallest absolute Gasteiger partial charge is 0.389 e. The lowest BCUT2D eigenvalue weighted by molar-refractivity contribution is -0.135. The summed E-state index contributed by atoms with van der Waals surface area (Å²) >= 11 is 0. The Balaban J connectivity index is 1.79. The highest BCUT2D eigenvalue weighted by molar-refractivity contribution is 5.32. The highest BCUT2D eigenvalue weighted by Crippen LogP contribution is 2.24. The fourth-order valence-electron chi connectivity index (χ4n) is 2.00. The number of benzene rings is 2. The van der Waals surface area contributed by atoms with Gasteiger partial charge >= 0.3 is 6.18 Å². The molecule has 1 nitrogen and oxygen atoms in total. The van der Waals surface area contributed by atoms with Crippen molar-refractivity contribution in [2.75, 3.05) is 0 Å². The Morgan fingerprint density at radius 1 is 0.762 bits per heavy atom. The number of alkyl halides is 3. The fraction of sp³-hybridized carbons (Fsp3) is 0.294. The maximum atomic E-state index is 12.0. The predicted molar refractivity (Wildman–Crippen MR) is 76.6 cm³/mol. The Hall–Kier alpha value is -1.97. The van der Waals surface area contributed by atoms with Gasteiger partial charge in [0.2, 0.25) is 0 Å². The van der Waals surface area contributed by atoms with E-state index in [1.54, 1.807) is 0 Å². The quantitative estimate of drug-likeness (QED) is 0.616. The van der Waals surface area contributed by atoms with Crippen LogP contribution in [-0.4, -0.2) is 6.18 Å². The second-order valence-electron chi connectivity index (χ2n) is 4.88. The molecule has 0 saturated carbocycles. The van der Waals surface area contributed by atoms with Crippen molar-refractivity contribution in [1.82, 2.24) is 0 Å². The maximum absolute atomic E-state index is 12.0. The lowest BCUT2D eigenvalue weighted by Gasteiger charge is -2.07. The topological polar surface area (TPSA) is 9.23 Å². The molecule has 0 fully saturated rings. The van der Waals surface area contributed by atoms with Crippen molar-refractivity contribution in [3.05, 3.63) is 60.2 Å². The van der Waals surface area contributed by atoms with Gasteiger partial charge in [0, 0.05) is 6.42 Å². The van der Waals surface area contributed by atoms with Gasteiger partial charge in [0.15, 0.2) is 0 Å². The summed E-state index contributed by atoms with van der Waals surface area (Å²) in [7, 11) is 0. The fourth-order valence-corrected chi connectivity index (χ4v) is 2.00. The summed E-state index contributed by atoms with van der Waals surface area (Å²) in [6, 6.07) is 16.9. The third kappa shape index (κ3) is 5.90. The number of hydrogen-bond donors (Lipinski definition) is 0. The van der Waals surface area contributed by atoms with Crippen LogP contribution in [0, 0.1) is 0 Å². The Labute approximate surface area is 122 Å². The molecular formula is C17H17F3O. The first-order chi connectivity index (χ1) is 10.0. The van der Waals surface area contributed by atoms with Gasteiger partial charge in [-0.3, -0.25) is 0 Å². The first-order valence-corrected chi connectivity index (χ1v) is 6.91. The molecule has 0 saturated heterocycles. The van der Waals surface area contributed by atoms with Gasteiger partial charge in [0.25, 0.3) is 0 Å². The number of unbranched alkanes of at least 4 members (excludes halogenated alkanes) is 1. The molecule has 0 N–H and O–H groups in total. The summed E-state index contributed by atoms with van der Waals surface area (Å²) in [4.78, 5) is 0. The van der Waals surface area contributed by atoms with Gasteiger partial charge in [-0.05, 0) is 49.1 Å². The average Bonchev–Trinajstić information content (AvgIpc) is 2.45. The molecule has 0 atom stereocenters. The van der Waals surface area contributed by atoms with Crippen molar-refractivity contribution >= 4 is 0 Å². The number of ether oxygens (including phenoxy) is 1. The van der Waals surface area contributed by atoms with Crippen LogP contribution in [0.25, 0.3) is 0 Å². The molecule has 0 bridgehead atoms. The van der Waals surface area contributed by atoms with Gasteiger partial charge in [-0.1, -0.05) is 30.3 Å². The van der Waals surface area contributed by atoms with E-state index in [2.05, 4.69) is 0 Å². The number of aryl methyl sites for hydroxylation is 1. The van der Waals surface area contributed by atoms with Crippen molar-refractivity contribution < 1.29 is 17.9 Å². The molecule has 4 heteroatoms. The van der Waals surface area contributed by atoms with Gasteiger partial charge in [-0.25, -0.2) is 0 Å². The Morgan fingerprint density at radius 3 is 2.00 bits per heavy atom. The van der Waals surface area contributed by atoms with Crippen molar-refractivity contribution in [2.45, 2.75) is 31.9 Å². The molecule has 0 radical (unpaired) electrons. The SMILES string of the molecule is FC(F)(F)CCCCc1ccc(Oc2ccccc2)cc1. The minimum absolute atomic E-state index is 0.172. The monoisotopic (exact) mass is 294 g/mol. The Kier molecular flexibility index (Phi) is 5.26. The van der Waals surface area contributed by atoms with Crippen LogP contribution in [0.2, 0.25) is 0 Å². The number of halogens is 3. The summed E-state index contributed by atoms with van der Waals surface area (Å²) < 4.78 is 41.7. The van der Waals surface area contributed by atoms with Gasteiger partial charge in [0.05, 0.1) is 0 Å². The first kappa shape index (κ1) is 15.4. The van der Waals surface area contributed by atoms with Gasteiger partial charge in [-0.2, -0.15) is 13.2 Å². The third-order valence-corrected chi connectivity index (χ3v) is 3.08. The molecule has 0 heterocycles. The average molecular weight is 294 g/mol. The molecule has 0 spiro atoms. The molecular weight excluding hydrogens is 277 g/mol. The Bertz CT molecular complexity index is 532. The maximum Gasteiger partial charge on any atom is 0.389 e. The van der Waals surface area contributed by atoms with Gasteiger partial charge in [-0.15, -0.1) is 0 Å². The van der Waals surface area contributed by atoms with Crippen LogP contribution in [0.3, 0.4) is 0 Å². The van der Waals surface area contributed by atoms with Gasteiger partial charge < -0.3 is 4.74 Å². The van der Waals surface area contributed by atoms with E-state index in [1.807, 2.05) is 54.6 Å². The van der Waals surface area contributed by atoms with E-state index in [0.717, 1.165) is 17.1 Å². The second kappa shape index (κ2) is 7.16. The summed E-state index contributed by atoms with van der Waals surface area (Å²) in [6.07, 6.45) is -3.39. The summed E-state index contributed by atoms with van der Waals surface area (Å²) in [5.74, 6) is 1.48. The van der Waals surface area contributed by atoms with Crippen molar-refractivity contribution in [3.8, 4) is 11.5 Å². The lowest BCUT2D eigenvalue weighted by Crippen LogP contribution is -2.06. The summed E-state index contributed by atoms with van der Waals surface area (Å²) in [6.45, 7) is 0. The predicted octanol–water partition coefficient (Wildman–Crippen LogP) is 5.75. The minimum atomic E-state index is -4.05. The molecule has 0 aliphatic carbocycles. The van der Waals surface area contributed by atoms with Crippen molar-refractivity contribution in [2.24, 2.45) is 0 Å². The van der Waals surface area contributed by atoms with Crippen LogP contribution in [0.5, 0.6) is 11.5 Å². The van der Waals surface area contributed by atoms with Crippen LogP contribution in [0.15, 0.2) is 54.6 Å². The van der Waals surface area contributed by atoms with Crippen LogP contribution >= 0.6 is 0 Å². The van der Waals surface area contributed by atoms with E-state index in [0.29, 0.717) is 12.8 Å². The normalized spacial score (nSPS) is 11.4. The molecule has 21 heavy (non-hydrogen) atoms. The standard InChI is InChI=1S/C17H17F3O/c18-17(19,20)13-5-4-6-14-9-11-16(12-10-14)21-15-7-2-1-3-8-15/h1-3,7-12H,4-6,13H2. The molecule has 0 aliphatic heterocycles. The number of hydrogen-bond acceptors (Lipinski definition) is 1. The Morgan fingerprint density at radius 2 is 1.38 bits per heavy atom. The zero-order valence-electron chi connectivity index (χ0n) is 11.6. The molecule has 0 unspecified atom stereocenters. The van der Waals surface area contributed by atoms with E-state index in [9.17, 15) is 13.2 Å². The van der Waals surface area contributed by atoms with E-state index in [4.69, 9.17) is 4.74 Å². The minimum Gasteiger partial charge on any atom is -0.457 e. The van der Waals surface area contributed by atoms with Crippen LogP contribution < -0.4 is 4.74 Å². The second-order valence-corrected chi connectivity index (χ2v) is 4.88. The third-order valence-electron chi connectivity index (χ3n) is 3.08. The van der Waals surface area contributed by atoms with Crippen LogP contribution in [0.1, 0.15) is 24.8 Å². The molecule has 0 amide bonds. The van der Waals surface area contributed by atoms with Crippen LogP contribution in [-0.2, 0) is 6.42 Å². The van der Waals surface area contributed by atoms with Crippen molar-refractivity contribution in [3.63, 3.8) is 0 Å². The molecule has 0 aliphatic rings. The molecule has 0 aromatic heterocycles. The van der Waals surface area contributed by atoms with E-state index >= 15 is 0 Å². The largest absolute Gasteiger partial charge is 0.457 e. The molecule has 2 rings (SSSR count). The number of rotatable bonds is 6. The highest BCUT2D eigenvalue weighted by Gasteiger charge is 2.25. The molecule has 2 aromatic carbocycles. The zero-order chi connectivity index (χ0) is 15.1. The van der Waals surface area contributed by atoms with E-state index in [-0.39, 0.29) is 6.42 Å². The van der Waals surface area contributed by atoms with Gasteiger partial charge in [0.1, 0.15) is 11.5 Å². The summed E-state index contributed by atoms with van der Waals surface area (Å²) in [5.41, 5.74) is 1.03. The number of para-hydroxylation sites is 1. The zero-order valence-corrected chi connectivity index (χ0v) is 11.6. The van der Waals surface area contributed by atoms with Crippen LogP contribution in [0.4, 0.5) is 13.2 Å². The highest BCUT2D eigenvalue weighted by atomic mass is 19.4. The van der Waals surface area contributed by atoms with E-state index in [1.165, 1.54) is 0 Å². The molecule has 2 aromatic rings. The first-order valence-electron chi connectivity index (χ1n) is 6.91. The van der Waals surface area contributed by atoms with E-state index < -0.39 is 12.6 Å². The molecule has 112 valence electrons. The lowest BCUT2D eigenvalue weighted by atomic mass is 10.1.